The second-order valence-corrected chi connectivity index (χ2v) is 9.86. The maximum absolute atomic E-state index is 10.5. The molecule has 1 aromatic carbocycles. The summed E-state index contributed by atoms with van der Waals surface area (Å²) in [5.74, 6) is 0.934. The first-order valence-corrected chi connectivity index (χ1v) is 13.6. The molecule has 10 nitrogen and oxygen atoms in total. The normalized spacial score (nSPS) is 14.1. The van der Waals surface area contributed by atoms with Crippen molar-refractivity contribution in [2.24, 2.45) is 0 Å². The highest BCUT2D eigenvalue weighted by Gasteiger charge is 2.15. The number of anilines is 2. The first-order chi connectivity index (χ1) is 19.1. The second kappa shape index (κ2) is 12.9. The lowest BCUT2D eigenvalue weighted by Gasteiger charge is -2.26. The number of rotatable bonds is 12. The molecular weight excluding hydrogens is 494 g/mol. The number of aryl methyl sites for hydroxylation is 1. The van der Waals surface area contributed by atoms with Crippen molar-refractivity contribution in [1.82, 2.24) is 24.4 Å². The van der Waals surface area contributed by atoms with Crippen LogP contribution in [0.5, 0.6) is 5.75 Å². The van der Waals surface area contributed by atoms with Gasteiger partial charge in [-0.25, -0.2) is 4.98 Å². The summed E-state index contributed by atoms with van der Waals surface area (Å²) in [6, 6.07) is 11.7. The fourth-order valence-electron chi connectivity index (χ4n) is 4.89. The van der Waals surface area contributed by atoms with E-state index >= 15 is 0 Å². The molecule has 0 bridgehead atoms. The number of benzene rings is 1. The third kappa shape index (κ3) is 6.83. The highest BCUT2D eigenvalue weighted by atomic mass is 16.5. The number of imidazole rings is 1. The zero-order valence-electron chi connectivity index (χ0n) is 22.4. The zero-order valence-corrected chi connectivity index (χ0v) is 22.4. The number of hydrogen-bond acceptors (Lipinski definition) is 9. The molecule has 1 aliphatic rings. The van der Waals surface area contributed by atoms with Crippen LogP contribution in [-0.2, 0) is 24.2 Å². The van der Waals surface area contributed by atoms with Gasteiger partial charge in [0.15, 0.2) is 0 Å². The molecule has 1 aliphatic heterocycles. The Balaban J connectivity index is 1.37. The third-order valence-electron chi connectivity index (χ3n) is 7.02. The minimum Gasteiger partial charge on any atom is -0.506 e. The predicted molar refractivity (Wildman–Crippen MR) is 152 cm³/mol. The summed E-state index contributed by atoms with van der Waals surface area (Å²) < 4.78 is 7.55. The van der Waals surface area contributed by atoms with Crippen molar-refractivity contribution in [3.05, 3.63) is 71.3 Å². The molecule has 0 atom stereocenters. The zero-order chi connectivity index (χ0) is 27.0. The molecule has 1 fully saturated rings. The van der Waals surface area contributed by atoms with Crippen LogP contribution in [0.25, 0.3) is 11.0 Å². The number of morpholine rings is 1. The summed E-state index contributed by atoms with van der Waals surface area (Å²) in [4.78, 5) is 16.1. The molecule has 0 amide bonds. The average molecular weight is 532 g/mol. The molecule has 4 N–H and O–H groups in total. The van der Waals surface area contributed by atoms with E-state index in [0.717, 1.165) is 85.3 Å². The van der Waals surface area contributed by atoms with E-state index in [1.165, 1.54) is 0 Å². The van der Waals surface area contributed by atoms with E-state index in [1.54, 1.807) is 18.5 Å². The smallest absolute Gasteiger partial charge is 0.204 e. The minimum absolute atomic E-state index is 0.0892. The standard InChI is InChI=1S/C29H37N7O3/c1-21-3-6-28(38)26(33-21)20-36-27-17-22(18-32-25-19-30-10-7-23(25)8-14-37)4-5-24(27)34-29(36)31-9-2-11-35-12-15-39-16-13-35/h3-7,10,17,19,32,37-38H,2,8-9,11-16,18,20H2,1H3,(H,31,34). The van der Waals surface area contributed by atoms with Crippen LogP contribution in [0, 0.1) is 6.92 Å². The van der Waals surface area contributed by atoms with Gasteiger partial charge >= 0.3 is 0 Å². The van der Waals surface area contributed by atoms with E-state index in [9.17, 15) is 10.2 Å². The van der Waals surface area contributed by atoms with Gasteiger partial charge < -0.3 is 30.2 Å². The minimum atomic E-state index is 0.0892. The maximum atomic E-state index is 10.5. The van der Waals surface area contributed by atoms with Crippen LogP contribution in [0.4, 0.5) is 11.6 Å². The van der Waals surface area contributed by atoms with Gasteiger partial charge in [0.25, 0.3) is 0 Å². The van der Waals surface area contributed by atoms with Crippen molar-refractivity contribution in [3.63, 3.8) is 0 Å². The fraction of sp³-hybridized carbons (Fsp3) is 0.414. The van der Waals surface area contributed by atoms with Crippen molar-refractivity contribution in [2.75, 3.05) is 56.6 Å². The van der Waals surface area contributed by atoms with E-state index < -0.39 is 0 Å². The molecule has 4 heterocycles. The van der Waals surface area contributed by atoms with Crippen molar-refractivity contribution < 1.29 is 14.9 Å². The molecule has 4 aromatic rings. The molecule has 39 heavy (non-hydrogen) atoms. The Bertz CT molecular complexity index is 1380. The lowest BCUT2D eigenvalue weighted by Crippen LogP contribution is -2.37. The average Bonchev–Trinajstić information content (AvgIpc) is 3.29. The van der Waals surface area contributed by atoms with Crippen molar-refractivity contribution in [3.8, 4) is 5.75 Å². The Hall–Kier alpha value is -3.73. The van der Waals surface area contributed by atoms with Gasteiger partial charge in [0, 0.05) is 44.7 Å². The van der Waals surface area contributed by atoms with Crippen LogP contribution in [0.3, 0.4) is 0 Å². The molecule has 5 rings (SSSR count). The molecule has 0 unspecified atom stereocenters. The van der Waals surface area contributed by atoms with Crippen molar-refractivity contribution >= 4 is 22.7 Å². The first-order valence-electron chi connectivity index (χ1n) is 13.6. The summed E-state index contributed by atoms with van der Waals surface area (Å²) in [7, 11) is 0. The fourth-order valence-corrected chi connectivity index (χ4v) is 4.89. The summed E-state index contributed by atoms with van der Waals surface area (Å²) in [5, 5.41) is 26.9. The number of hydrogen-bond donors (Lipinski definition) is 4. The van der Waals surface area contributed by atoms with Gasteiger partial charge in [0.2, 0.25) is 5.95 Å². The quantitative estimate of drug-likeness (QED) is 0.204. The molecule has 0 saturated carbocycles. The molecule has 1 saturated heterocycles. The number of fused-ring (bicyclic) bond motifs is 1. The number of nitrogens with zero attached hydrogens (tertiary/aromatic N) is 5. The third-order valence-corrected chi connectivity index (χ3v) is 7.02. The Morgan fingerprint density at radius 1 is 1.05 bits per heavy atom. The van der Waals surface area contributed by atoms with Crippen molar-refractivity contribution in [2.45, 2.75) is 32.9 Å². The molecule has 10 heteroatoms. The van der Waals surface area contributed by atoms with E-state index in [-0.39, 0.29) is 12.4 Å². The van der Waals surface area contributed by atoms with E-state index in [0.29, 0.717) is 25.2 Å². The lowest BCUT2D eigenvalue weighted by molar-refractivity contribution is 0.0378. The number of pyridine rings is 2. The molecule has 206 valence electrons. The highest BCUT2D eigenvalue weighted by Crippen LogP contribution is 2.26. The van der Waals surface area contributed by atoms with E-state index in [2.05, 4.69) is 42.2 Å². The number of aliphatic hydroxyl groups excluding tert-OH is 1. The van der Waals surface area contributed by atoms with Gasteiger partial charge in [-0.05, 0) is 67.8 Å². The Morgan fingerprint density at radius 2 is 1.92 bits per heavy atom. The van der Waals surface area contributed by atoms with Crippen LogP contribution in [0.15, 0.2) is 48.8 Å². The highest BCUT2D eigenvalue weighted by molar-refractivity contribution is 5.80. The number of aliphatic hydroxyl groups is 1. The van der Waals surface area contributed by atoms with Gasteiger partial charge in [0.05, 0.1) is 42.7 Å². The topological polar surface area (TPSA) is 121 Å². The van der Waals surface area contributed by atoms with Crippen LogP contribution < -0.4 is 10.6 Å². The van der Waals surface area contributed by atoms with Gasteiger partial charge in [-0.2, -0.15) is 0 Å². The largest absolute Gasteiger partial charge is 0.506 e. The number of nitrogens with one attached hydrogen (secondary N) is 2. The number of ether oxygens (including phenoxy) is 1. The molecule has 3 aromatic heterocycles. The predicted octanol–water partition coefficient (Wildman–Crippen LogP) is 3.17. The lowest BCUT2D eigenvalue weighted by atomic mass is 10.1. The van der Waals surface area contributed by atoms with Gasteiger partial charge in [-0.1, -0.05) is 6.07 Å². The SMILES string of the molecule is Cc1ccc(O)c(Cn2c(NCCCN3CCOCC3)nc3ccc(CNc4cnccc4CCO)cc32)n1. The van der Waals surface area contributed by atoms with Gasteiger partial charge in [-0.15, -0.1) is 0 Å². The molecule has 0 aliphatic carbocycles. The van der Waals surface area contributed by atoms with Crippen LogP contribution >= 0.6 is 0 Å². The monoisotopic (exact) mass is 531 g/mol. The summed E-state index contributed by atoms with van der Waals surface area (Å²) in [6.45, 7) is 8.38. The maximum Gasteiger partial charge on any atom is 0.204 e. The molecular formula is C29H37N7O3. The summed E-state index contributed by atoms with van der Waals surface area (Å²) in [5.41, 5.74) is 6.34. The van der Waals surface area contributed by atoms with Gasteiger partial charge in [0.1, 0.15) is 11.4 Å². The Labute approximate surface area is 228 Å². The van der Waals surface area contributed by atoms with E-state index in [1.807, 2.05) is 25.1 Å². The number of aromatic hydroxyl groups is 1. The van der Waals surface area contributed by atoms with Crippen LogP contribution in [0.1, 0.15) is 28.9 Å². The van der Waals surface area contributed by atoms with Crippen LogP contribution in [0.2, 0.25) is 0 Å². The van der Waals surface area contributed by atoms with E-state index in [4.69, 9.17) is 9.72 Å². The summed E-state index contributed by atoms with van der Waals surface area (Å²) in [6.07, 6.45) is 5.10. The molecule has 0 radical (unpaired) electrons. The van der Waals surface area contributed by atoms with Crippen LogP contribution in [-0.4, -0.2) is 80.6 Å². The Kier molecular flexibility index (Phi) is 8.87. The molecule has 0 spiro atoms. The Morgan fingerprint density at radius 3 is 2.77 bits per heavy atom. The summed E-state index contributed by atoms with van der Waals surface area (Å²) >= 11 is 0. The number of aromatic nitrogens is 4. The van der Waals surface area contributed by atoms with Gasteiger partial charge in [-0.3, -0.25) is 14.9 Å². The first kappa shape index (κ1) is 26.9. The second-order valence-electron chi connectivity index (χ2n) is 9.86. The van der Waals surface area contributed by atoms with Crippen molar-refractivity contribution in [1.29, 1.82) is 0 Å².